The lowest BCUT2D eigenvalue weighted by Gasteiger charge is -2.22. The summed E-state index contributed by atoms with van der Waals surface area (Å²) < 4.78 is 10.9. The topological polar surface area (TPSA) is 30.5 Å². The summed E-state index contributed by atoms with van der Waals surface area (Å²) >= 11 is 0. The molecule has 0 spiro atoms. The first-order valence-electron chi connectivity index (χ1n) is 7.30. The van der Waals surface area contributed by atoms with Crippen molar-refractivity contribution in [1.29, 1.82) is 0 Å². The Kier molecular flexibility index (Phi) is 8.67. The molecule has 1 heterocycles. The minimum Gasteiger partial charge on any atom is -0.494 e. The second-order valence-electron chi connectivity index (χ2n) is 5.22. The van der Waals surface area contributed by atoms with E-state index in [0.29, 0.717) is 0 Å². The molecule has 1 saturated heterocycles. The fourth-order valence-corrected chi connectivity index (χ4v) is 2.49. The Balaban J connectivity index is 0.00000200. The molecular formula is C16H26ClNO2. The third kappa shape index (κ3) is 6.12. The fraction of sp³-hybridized carbons (Fsp3) is 0.625. The molecule has 20 heavy (non-hydrogen) atoms. The van der Waals surface area contributed by atoms with Gasteiger partial charge in [0.25, 0.3) is 0 Å². The Morgan fingerprint density at radius 1 is 1.10 bits per heavy atom. The number of hydrogen-bond donors (Lipinski definition) is 1. The molecule has 1 aliphatic rings. The molecule has 3 nitrogen and oxygen atoms in total. The number of piperidine rings is 1. The van der Waals surface area contributed by atoms with Crippen LogP contribution in [0.15, 0.2) is 24.3 Å². The third-order valence-corrected chi connectivity index (χ3v) is 3.77. The maximum absolute atomic E-state index is 5.82. The molecular weight excluding hydrogens is 274 g/mol. The minimum atomic E-state index is 0. The fourth-order valence-electron chi connectivity index (χ4n) is 2.49. The maximum Gasteiger partial charge on any atom is 0.119 e. The van der Waals surface area contributed by atoms with Gasteiger partial charge in [-0.05, 0) is 62.4 Å². The summed E-state index contributed by atoms with van der Waals surface area (Å²) in [7, 11) is 1.73. The number of rotatable bonds is 7. The summed E-state index contributed by atoms with van der Waals surface area (Å²) in [6.45, 7) is 3.94. The largest absolute Gasteiger partial charge is 0.494 e. The number of methoxy groups -OCH3 is 1. The lowest BCUT2D eigenvalue weighted by atomic mass is 9.95. The molecule has 1 aromatic rings. The first kappa shape index (κ1) is 17.3. The molecule has 1 aromatic carbocycles. The van der Waals surface area contributed by atoms with Crippen LogP contribution >= 0.6 is 12.4 Å². The number of benzene rings is 1. The van der Waals surface area contributed by atoms with E-state index in [1.54, 1.807) is 7.11 Å². The van der Waals surface area contributed by atoms with Crippen molar-refractivity contribution in [3.8, 4) is 5.75 Å². The quantitative estimate of drug-likeness (QED) is 0.839. The Morgan fingerprint density at radius 2 is 1.80 bits per heavy atom. The van der Waals surface area contributed by atoms with Crippen LogP contribution in [0.4, 0.5) is 0 Å². The van der Waals surface area contributed by atoms with E-state index < -0.39 is 0 Å². The summed E-state index contributed by atoms with van der Waals surface area (Å²) in [4.78, 5) is 0. The lowest BCUT2D eigenvalue weighted by molar-refractivity contribution is 0.202. The van der Waals surface area contributed by atoms with Crippen LogP contribution in [-0.2, 0) is 11.2 Å². The van der Waals surface area contributed by atoms with E-state index in [1.807, 2.05) is 0 Å². The van der Waals surface area contributed by atoms with Crippen LogP contribution in [-0.4, -0.2) is 33.4 Å². The van der Waals surface area contributed by atoms with Gasteiger partial charge in [0.1, 0.15) is 5.75 Å². The van der Waals surface area contributed by atoms with Gasteiger partial charge < -0.3 is 14.8 Å². The van der Waals surface area contributed by atoms with E-state index in [4.69, 9.17) is 9.47 Å². The average molecular weight is 300 g/mol. The van der Waals surface area contributed by atoms with Gasteiger partial charge in [-0.3, -0.25) is 0 Å². The van der Waals surface area contributed by atoms with Gasteiger partial charge in [-0.25, -0.2) is 0 Å². The van der Waals surface area contributed by atoms with E-state index in [-0.39, 0.29) is 12.4 Å². The van der Waals surface area contributed by atoms with Gasteiger partial charge in [-0.2, -0.15) is 0 Å². The van der Waals surface area contributed by atoms with Gasteiger partial charge in [0, 0.05) is 7.11 Å². The van der Waals surface area contributed by atoms with Crippen LogP contribution < -0.4 is 10.1 Å². The summed E-state index contributed by atoms with van der Waals surface area (Å²) in [6.07, 6.45) is 4.72. The van der Waals surface area contributed by atoms with Crippen molar-refractivity contribution in [1.82, 2.24) is 5.32 Å². The highest BCUT2D eigenvalue weighted by Gasteiger charge is 2.12. The van der Waals surface area contributed by atoms with Crippen LogP contribution in [0, 0.1) is 5.92 Å². The Morgan fingerprint density at radius 3 is 2.45 bits per heavy atom. The predicted molar refractivity (Wildman–Crippen MR) is 85.0 cm³/mol. The van der Waals surface area contributed by atoms with Gasteiger partial charge in [0.15, 0.2) is 0 Å². The molecule has 114 valence electrons. The van der Waals surface area contributed by atoms with Crippen molar-refractivity contribution >= 4 is 12.4 Å². The number of halogens is 1. The number of hydrogen-bond acceptors (Lipinski definition) is 3. The number of ether oxygens (including phenoxy) is 2. The minimum absolute atomic E-state index is 0. The highest BCUT2D eigenvalue weighted by molar-refractivity contribution is 5.85. The van der Waals surface area contributed by atoms with Crippen molar-refractivity contribution in [3.63, 3.8) is 0 Å². The predicted octanol–water partition coefficient (Wildman–Crippen LogP) is 3.07. The molecule has 4 heteroatoms. The van der Waals surface area contributed by atoms with E-state index in [2.05, 4.69) is 29.6 Å². The van der Waals surface area contributed by atoms with Gasteiger partial charge in [0.05, 0.1) is 13.2 Å². The molecule has 0 amide bonds. The molecule has 1 N–H and O–H groups in total. The Labute approximate surface area is 128 Å². The standard InChI is InChI=1S/C16H25NO2.ClH/c1-18-12-8-14-2-4-16(5-3-14)19-13-9-15-6-10-17-11-7-15;/h2-5,15,17H,6-13H2,1H3;1H. The summed E-state index contributed by atoms with van der Waals surface area (Å²) in [5, 5.41) is 3.39. The molecule has 0 bridgehead atoms. The SMILES string of the molecule is COCCc1ccc(OCCC2CCNCC2)cc1.Cl. The van der Waals surface area contributed by atoms with Gasteiger partial charge in [0.2, 0.25) is 0 Å². The van der Waals surface area contributed by atoms with E-state index in [1.165, 1.54) is 37.9 Å². The van der Waals surface area contributed by atoms with Crippen LogP contribution in [0.2, 0.25) is 0 Å². The van der Waals surface area contributed by atoms with Crippen molar-refractivity contribution in [2.24, 2.45) is 5.92 Å². The maximum atomic E-state index is 5.82. The second-order valence-corrected chi connectivity index (χ2v) is 5.22. The summed E-state index contributed by atoms with van der Waals surface area (Å²) in [5.74, 6) is 1.82. The van der Waals surface area contributed by atoms with Crippen molar-refractivity contribution in [2.45, 2.75) is 25.7 Å². The molecule has 1 aliphatic heterocycles. The second kappa shape index (κ2) is 10.0. The first-order valence-corrected chi connectivity index (χ1v) is 7.30. The summed E-state index contributed by atoms with van der Waals surface area (Å²) in [5.41, 5.74) is 1.30. The normalized spacial score (nSPS) is 15.7. The van der Waals surface area contributed by atoms with E-state index >= 15 is 0 Å². The molecule has 0 aliphatic carbocycles. The van der Waals surface area contributed by atoms with Gasteiger partial charge in [-0.15, -0.1) is 12.4 Å². The zero-order chi connectivity index (χ0) is 13.3. The van der Waals surface area contributed by atoms with Crippen LogP contribution in [0.25, 0.3) is 0 Å². The zero-order valence-corrected chi connectivity index (χ0v) is 13.1. The van der Waals surface area contributed by atoms with Crippen LogP contribution in [0.1, 0.15) is 24.8 Å². The smallest absolute Gasteiger partial charge is 0.119 e. The van der Waals surface area contributed by atoms with Crippen molar-refractivity contribution in [2.75, 3.05) is 33.4 Å². The molecule has 0 aromatic heterocycles. The average Bonchev–Trinajstić information content (AvgIpc) is 2.47. The molecule has 2 rings (SSSR count). The highest BCUT2D eigenvalue weighted by atomic mass is 35.5. The van der Waals surface area contributed by atoms with E-state index in [0.717, 1.165) is 31.3 Å². The lowest BCUT2D eigenvalue weighted by Crippen LogP contribution is -2.28. The number of nitrogens with one attached hydrogen (secondary N) is 1. The first-order chi connectivity index (χ1) is 9.38. The van der Waals surface area contributed by atoms with Crippen LogP contribution in [0.3, 0.4) is 0 Å². The monoisotopic (exact) mass is 299 g/mol. The molecule has 0 saturated carbocycles. The van der Waals surface area contributed by atoms with Crippen molar-refractivity contribution in [3.05, 3.63) is 29.8 Å². The third-order valence-electron chi connectivity index (χ3n) is 3.77. The Hall–Kier alpha value is -0.770. The molecule has 0 radical (unpaired) electrons. The van der Waals surface area contributed by atoms with E-state index in [9.17, 15) is 0 Å². The molecule has 0 atom stereocenters. The molecule has 0 unspecified atom stereocenters. The van der Waals surface area contributed by atoms with Crippen LogP contribution in [0.5, 0.6) is 5.75 Å². The molecule has 1 fully saturated rings. The van der Waals surface area contributed by atoms with Gasteiger partial charge in [-0.1, -0.05) is 12.1 Å². The van der Waals surface area contributed by atoms with Gasteiger partial charge >= 0.3 is 0 Å². The highest BCUT2D eigenvalue weighted by Crippen LogP contribution is 2.18. The summed E-state index contributed by atoms with van der Waals surface area (Å²) in [6, 6.07) is 8.37. The van der Waals surface area contributed by atoms with Crippen molar-refractivity contribution < 1.29 is 9.47 Å². The Bertz CT molecular complexity index is 350. The zero-order valence-electron chi connectivity index (χ0n) is 12.3.